The Balaban J connectivity index is 1.66. The van der Waals surface area contributed by atoms with Crippen LogP contribution in [0.5, 0.6) is 0 Å². The third-order valence-corrected chi connectivity index (χ3v) is 6.42. The van der Waals surface area contributed by atoms with Crippen molar-refractivity contribution in [1.82, 2.24) is 0 Å². The molecular weight excluding hydrogens is 180 g/mol. The van der Waals surface area contributed by atoms with E-state index in [-0.39, 0.29) is 0 Å². The summed E-state index contributed by atoms with van der Waals surface area (Å²) in [7, 11) is 0. The summed E-state index contributed by atoms with van der Waals surface area (Å²) in [6.45, 7) is 0. The van der Waals surface area contributed by atoms with E-state index in [4.69, 9.17) is 0 Å². The van der Waals surface area contributed by atoms with E-state index in [1.54, 1.807) is 64.2 Å². The second-order valence-corrected chi connectivity index (χ2v) is 7.00. The molecule has 0 spiro atoms. The Bertz CT molecular complexity index is 269. The van der Waals surface area contributed by atoms with Crippen LogP contribution in [-0.2, 0) is 0 Å². The van der Waals surface area contributed by atoms with Crippen LogP contribution in [0, 0.1) is 29.1 Å². The predicted molar refractivity (Wildman–Crippen MR) is 62.6 cm³/mol. The molecule has 15 heavy (non-hydrogen) atoms. The monoisotopic (exact) mass is 204 g/mol. The van der Waals surface area contributed by atoms with E-state index in [0.29, 0.717) is 0 Å². The molecule has 84 valence electrons. The molecule has 0 heteroatoms. The SMILES string of the molecule is C1CCC2C(C1)CC13CCCCC2C1C3. The summed E-state index contributed by atoms with van der Waals surface area (Å²) >= 11 is 0. The molecule has 0 N–H and O–H groups in total. The van der Waals surface area contributed by atoms with Crippen molar-refractivity contribution in [2.45, 2.75) is 64.2 Å². The average Bonchev–Trinajstić information content (AvgIpc) is 2.95. The predicted octanol–water partition coefficient (Wildman–Crippen LogP) is 4.39. The van der Waals surface area contributed by atoms with Crippen LogP contribution in [0.3, 0.4) is 0 Å². The van der Waals surface area contributed by atoms with Crippen molar-refractivity contribution in [2.75, 3.05) is 0 Å². The second kappa shape index (κ2) is 3.02. The first kappa shape index (κ1) is 9.07. The Morgan fingerprint density at radius 3 is 2.53 bits per heavy atom. The molecule has 4 fully saturated rings. The summed E-state index contributed by atoms with van der Waals surface area (Å²) in [5.41, 5.74) is 0.916. The summed E-state index contributed by atoms with van der Waals surface area (Å²) < 4.78 is 0. The number of hydrogen-bond donors (Lipinski definition) is 0. The Morgan fingerprint density at radius 1 is 0.733 bits per heavy atom. The summed E-state index contributed by atoms with van der Waals surface area (Å²) in [5, 5.41) is 0. The van der Waals surface area contributed by atoms with Crippen molar-refractivity contribution >= 4 is 0 Å². The highest BCUT2D eigenvalue weighted by Crippen LogP contribution is 2.72. The Morgan fingerprint density at radius 2 is 1.53 bits per heavy atom. The van der Waals surface area contributed by atoms with Crippen LogP contribution in [0.4, 0.5) is 0 Å². The van der Waals surface area contributed by atoms with Crippen LogP contribution in [-0.4, -0.2) is 0 Å². The van der Waals surface area contributed by atoms with Crippen LogP contribution < -0.4 is 0 Å². The van der Waals surface area contributed by atoms with Crippen molar-refractivity contribution in [3.05, 3.63) is 0 Å². The average molecular weight is 204 g/mol. The van der Waals surface area contributed by atoms with E-state index in [0.717, 1.165) is 5.41 Å². The molecule has 4 aliphatic carbocycles. The van der Waals surface area contributed by atoms with E-state index in [9.17, 15) is 0 Å². The molecule has 0 heterocycles. The second-order valence-electron chi connectivity index (χ2n) is 7.00. The molecule has 4 aliphatic rings. The summed E-state index contributed by atoms with van der Waals surface area (Å²) in [5.74, 6) is 4.74. The highest BCUT2D eigenvalue weighted by atomic mass is 14.7. The van der Waals surface area contributed by atoms with Gasteiger partial charge in [0.25, 0.3) is 0 Å². The van der Waals surface area contributed by atoms with Crippen molar-refractivity contribution in [1.29, 1.82) is 0 Å². The number of rotatable bonds is 0. The smallest absolute Gasteiger partial charge is 0.0261 e. The maximum Gasteiger partial charge on any atom is -0.0261 e. The van der Waals surface area contributed by atoms with E-state index in [1.165, 1.54) is 23.7 Å². The summed E-state index contributed by atoms with van der Waals surface area (Å²) in [6, 6.07) is 0. The van der Waals surface area contributed by atoms with Gasteiger partial charge in [0.15, 0.2) is 0 Å². The zero-order chi connectivity index (χ0) is 9.88. The fourth-order valence-corrected chi connectivity index (χ4v) is 5.76. The number of fused-ring (bicyclic) bond motifs is 2. The molecule has 0 aromatic rings. The van der Waals surface area contributed by atoms with Crippen molar-refractivity contribution in [2.24, 2.45) is 29.1 Å². The topological polar surface area (TPSA) is 0 Å². The number of hydrogen-bond acceptors (Lipinski definition) is 0. The minimum atomic E-state index is 0.916. The molecular formula is C15H24. The molecule has 5 atom stereocenters. The Labute approximate surface area is 93.8 Å². The lowest BCUT2D eigenvalue weighted by Crippen LogP contribution is -2.35. The molecule has 0 nitrogen and oxygen atoms in total. The first-order chi connectivity index (χ1) is 7.39. The zero-order valence-electron chi connectivity index (χ0n) is 9.88. The molecule has 0 amide bonds. The van der Waals surface area contributed by atoms with Gasteiger partial charge in [-0.05, 0) is 61.2 Å². The van der Waals surface area contributed by atoms with E-state index in [2.05, 4.69) is 0 Å². The van der Waals surface area contributed by atoms with Crippen LogP contribution in [0.2, 0.25) is 0 Å². The Kier molecular flexibility index (Phi) is 1.83. The van der Waals surface area contributed by atoms with Gasteiger partial charge in [-0.2, -0.15) is 0 Å². The van der Waals surface area contributed by atoms with Crippen molar-refractivity contribution < 1.29 is 0 Å². The minimum Gasteiger partial charge on any atom is -0.0530 e. The van der Waals surface area contributed by atoms with Gasteiger partial charge >= 0.3 is 0 Å². The van der Waals surface area contributed by atoms with Gasteiger partial charge in [-0.25, -0.2) is 0 Å². The fourth-order valence-electron chi connectivity index (χ4n) is 5.76. The molecule has 0 aromatic carbocycles. The standard InChI is InChI=1S/C15H24/c1-2-6-12-11(5-1)9-15-8-4-3-7-13(12)14(15)10-15/h11-14H,1-10H2. The largest absolute Gasteiger partial charge is 0.0530 e. The first-order valence-corrected chi connectivity index (χ1v) is 7.39. The van der Waals surface area contributed by atoms with Crippen molar-refractivity contribution in [3.63, 3.8) is 0 Å². The molecule has 0 aromatic heterocycles. The lowest BCUT2D eigenvalue weighted by atomic mass is 9.62. The highest BCUT2D eigenvalue weighted by molar-refractivity contribution is 5.12. The third kappa shape index (κ3) is 1.20. The lowest BCUT2D eigenvalue weighted by Gasteiger charge is -2.43. The summed E-state index contributed by atoms with van der Waals surface area (Å²) in [4.78, 5) is 0. The highest BCUT2D eigenvalue weighted by Gasteiger charge is 2.63. The molecule has 5 unspecified atom stereocenters. The molecule has 0 saturated heterocycles. The van der Waals surface area contributed by atoms with Crippen molar-refractivity contribution in [3.8, 4) is 0 Å². The molecule has 4 rings (SSSR count). The van der Waals surface area contributed by atoms with Gasteiger partial charge in [-0.3, -0.25) is 0 Å². The maximum atomic E-state index is 1.65. The maximum absolute atomic E-state index is 1.65. The molecule has 0 aliphatic heterocycles. The summed E-state index contributed by atoms with van der Waals surface area (Å²) in [6.07, 6.45) is 15.9. The molecule has 4 saturated carbocycles. The van der Waals surface area contributed by atoms with Gasteiger partial charge in [0.1, 0.15) is 0 Å². The lowest BCUT2D eigenvalue weighted by molar-refractivity contribution is 0.0635. The zero-order valence-corrected chi connectivity index (χ0v) is 9.88. The van der Waals surface area contributed by atoms with E-state index >= 15 is 0 Å². The van der Waals surface area contributed by atoms with E-state index in [1.807, 2.05) is 0 Å². The van der Waals surface area contributed by atoms with Gasteiger partial charge in [0.2, 0.25) is 0 Å². The molecule has 0 radical (unpaired) electrons. The Hall–Kier alpha value is 0. The normalized spacial score (nSPS) is 57.6. The minimum absolute atomic E-state index is 0.916. The molecule has 2 bridgehead atoms. The first-order valence-electron chi connectivity index (χ1n) is 7.39. The van der Waals surface area contributed by atoms with Crippen LogP contribution in [0.15, 0.2) is 0 Å². The van der Waals surface area contributed by atoms with Crippen LogP contribution in [0.1, 0.15) is 64.2 Å². The van der Waals surface area contributed by atoms with Gasteiger partial charge < -0.3 is 0 Å². The van der Waals surface area contributed by atoms with Gasteiger partial charge in [-0.15, -0.1) is 0 Å². The van der Waals surface area contributed by atoms with Gasteiger partial charge in [0.05, 0.1) is 0 Å². The quantitative estimate of drug-likeness (QED) is 0.549. The third-order valence-electron chi connectivity index (χ3n) is 6.42. The van der Waals surface area contributed by atoms with Gasteiger partial charge in [0, 0.05) is 0 Å². The van der Waals surface area contributed by atoms with E-state index < -0.39 is 0 Å². The fraction of sp³-hybridized carbons (Fsp3) is 1.00. The van der Waals surface area contributed by atoms with Crippen LogP contribution >= 0.6 is 0 Å². The van der Waals surface area contributed by atoms with Crippen LogP contribution in [0.25, 0.3) is 0 Å². The van der Waals surface area contributed by atoms with Gasteiger partial charge in [-0.1, -0.05) is 32.1 Å².